The fourth-order valence-corrected chi connectivity index (χ4v) is 7.19. The minimum Gasteiger partial charge on any atom is -0.493 e. The van der Waals surface area contributed by atoms with Gasteiger partial charge >= 0.3 is 4.87 Å². The highest BCUT2D eigenvalue weighted by Gasteiger charge is 2.53. The van der Waals surface area contributed by atoms with Gasteiger partial charge in [0, 0.05) is 16.5 Å². The molecule has 0 saturated carbocycles. The number of thioether (sulfide) groups is 1. The summed E-state index contributed by atoms with van der Waals surface area (Å²) < 4.78 is 12.1. The SMILES string of the molecule is COc1ccc(C2c3sc(=O)n(CC(=O)Nc4ccccc4)c3SC3C(=O)NC(=O)C32)cc1OC. The van der Waals surface area contributed by atoms with Crippen molar-refractivity contribution in [2.75, 3.05) is 19.5 Å². The smallest absolute Gasteiger partial charge is 0.308 e. The summed E-state index contributed by atoms with van der Waals surface area (Å²) in [5, 5.41) is 5.01. The molecule has 0 spiro atoms. The molecule has 0 aliphatic carbocycles. The molecule has 3 aromatic rings. The number of para-hydroxylation sites is 1. The van der Waals surface area contributed by atoms with Crippen molar-refractivity contribution in [3.05, 3.63) is 68.6 Å². The lowest BCUT2D eigenvalue weighted by Gasteiger charge is -2.31. The molecule has 1 fully saturated rings. The van der Waals surface area contributed by atoms with Crippen LogP contribution in [0.1, 0.15) is 16.4 Å². The van der Waals surface area contributed by atoms with E-state index in [1.807, 2.05) is 6.07 Å². The molecule has 0 bridgehead atoms. The number of anilines is 1. The number of imide groups is 1. The molecule has 1 saturated heterocycles. The van der Waals surface area contributed by atoms with E-state index in [0.29, 0.717) is 32.7 Å². The third-order valence-corrected chi connectivity index (χ3v) is 8.63. The van der Waals surface area contributed by atoms with Crippen molar-refractivity contribution in [2.45, 2.75) is 22.7 Å². The Kier molecular flexibility index (Phi) is 6.12. The van der Waals surface area contributed by atoms with Gasteiger partial charge in [0.1, 0.15) is 11.8 Å². The highest BCUT2D eigenvalue weighted by molar-refractivity contribution is 8.00. The first-order chi connectivity index (χ1) is 16.9. The number of carbonyl (C=O) groups excluding carboxylic acids is 3. The third kappa shape index (κ3) is 4.10. The molecule has 3 unspecified atom stereocenters. The molecular formula is C24H21N3O6S2. The fraction of sp³-hybridized carbons (Fsp3) is 0.250. The number of rotatable bonds is 6. The standard InChI is InChI=1S/C24H21N3O6S2/c1-32-14-9-8-12(10-15(14)33-2)17-18-19(22(30)26-21(18)29)34-23-20(17)35-24(31)27(23)11-16(28)25-13-6-4-3-5-7-13/h3-10,17-19H,11H2,1-2H3,(H,25,28)(H,26,29,30). The second-order valence-corrected chi connectivity index (χ2v) is 10.2. The Labute approximate surface area is 208 Å². The van der Waals surface area contributed by atoms with Crippen LogP contribution in [-0.4, -0.2) is 41.8 Å². The van der Waals surface area contributed by atoms with Gasteiger partial charge in [0.2, 0.25) is 17.7 Å². The molecular weight excluding hydrogens is 490 g/mol. The van der Waals surface area contributed by atoms with E-state index in [2.05, 4.69) is 10.6 Å². The second kappa shape index (κ2) is 9.23. The van der Waals surface area contributed by atoms with Crippen molar-refractivity contribution in [1.29, 1.82) is 0 Å². The molecule has 3 atom stereocenters. The first-order valence-corrected chi connectivity index (χ1v) is 12.4. The van der Waals surface area contributed by atoms with Gasteiger partial charge in [-0.2, -0.15) is 0 Å². The predicted molar refractivity (Wildman–Crippen MR) is 131 cm³/mol. The zero-order valence-corrected chi connectivity index (χ0v) is 20.4. The van der Waals surface area contributed by atoms with Crippen LogP contribution in [0.25, 0.3) is 0 Å². The van der Waals surface area contributed by atoms with Crippen molar-refractivity contribution in [3.8, 4) is 11.5 Å². The summed E-state index contributed by atoms with van der Waals surface area (Å²) in [5.74, 6) is -1.40. The molecule has 2 aliphatic rings. The van der Waals surface area contributed by atoms with Gasteiger partial charge in [-0.3, -0.25) is 29.1 Å². The first-order valence-electron chi connectivity index (χ1n) is 10.7. The van der Waals surface area contributed by atoms with Gasteiger partial charge in [0.25, 0.3) is 0 Å². The Morgan fingerprint density at radius 3 is 2.49 bits per heavy atom. The number of amides is 3. The summed E-state index contributed by atoms with van der Waals surface area (Å²) in [5.41, 5.74) is 1.33. The highest BCUT2D eigenvalue weighted by Crippen LogP contribution is 2.52. The summed E-state index contributed by atoms with van der Waals surface area (Å²) >= 11 is 2.14. The van der Waals surface area contributed by atoms with E-state index in [4.69, 9.17) is 9.47 Å². The Balaban J connectivity index is 1.57. The fourth-order valence-electron chi connectivity index (χ4n) is 4.45. The summed E-state index contributed by atoms with van der Waals surface area (Å²) in [6.45, 7) is -0.210. The van der Waals surface area contributed by atoms with Crippen molar-refractivity contribution >= 4 is 46.5 Å². The van der Waals surface area contributed by atoms with Gasteiger partial charge in [-0.25, -0.2) is 0 Å². The van der Waals surface area contributed by atoms with E-state index in [1.165, 1.54) is 18.8 Å². The lowest BCUT2D eigenvalue weighted by Crippen LogP contribution is -2.32. The molecule has 3 heterocycles. The lowest BCUT2D eigenvalue weighted by atomic mass is 9.83. The van der Waals surface area contributed by atoms with Crippen LogP contribution in [0.5, 0.6) is 11.5 Å². The van der Waals surface area contributed by atoms with Crippen LogP contribution in [0, 0.1) is 5.92 Å². The maximum absolute atomic E-state index is 13.0. The number of benzene rings is 2. The summed E-state index contributed by atoms with van der Waals surface area (Å²) in [4.78, 5) is 51.5. The van der Waals surface area contributed by atoms with E-state index in [0.717, 1.165) is 23.1 Å². The molecule has 2 N–H and O–H groups in total. The summed E-state index contributed by atoms with van der Waals surface area (Å²) in [6, 6.07) is 14.2. The van der Waals surface area contributed by atoms with Crippen molar-refractivity contribution < 1.29 is 23.9 Å². The Morgan fingerprint density at radius 2 is 1.77 bits per heavy atom. The highest BCUT2D eigenvalue weighted by atomic mass is 32.2. The van der Waals surface area contributed by atoms with Crippen LogP contribution in [0.3, 0.4) is 0 Å². The van der Waals surface area contributed by atoms with Crippen LogP contribution in [0.4, 0.5) is 5.69 Å². The van der Waals surface area contributed by atoms with Crippen LogP contribution >= 0.6 is 23.1 Å². The average Bonchev–Trinajstić information content (AvgIpc) is 3.32. The summed E-state index contributed by atoms with van der Waals surface area (Å²) in [7, 11) is 3.04. The monoisotopic (exact) mass is 511 g/mol. The van der Waals surface area contributed by atoms with Crippen LogP contribution < -0.4 is 25.0 Å². The molecule has 3 amide bonds. The molecule has 35 heavy (non-hydrogen) atoms. The van der Waals surface area contributed by atoms with E-state index in [9.17, 15) is 19.2 Å². The quantitative estimate of drug-likeness (QED) is 0.489. The molecule has 0 radical (unpaired) electrons. The number of fused-ring (bicyclic) bond motifs is 2. The van der Waals surface area contributed by atoms with Crippen LogP contribution in [-0.2, 0) is 20.9 Å². The number of methoxy groups -OCH3 is 2. The van der Waals surface area contributed by atoms with Gasteiger partial charge in [-0.1, -0.05) is 47.4 Å². The number of carbonyl (C=O) groups is 3. The lowest BCUT2D eigenvalue weighted by molar-refractivity contribution is -0.126. The first kappa shape index (κ1) is 23.2. The van der Waals surface area contributed by atoms with E-state index >= 15 is 0 Å². The number of nitrogens with one attached hydrogen (secondary N) is 2. The number of hydrogen-bond donors (Lipinski definition) is 2. The average molecular weight is 512 g/mol. The normalized spacial score (nSPS) is 20.6. The number of hydrogen-bond acceptors (Lipinski definition) is 8. The van der Waals surface area contributed by atoms with E-state index in [-0.39, 0.29) is 23.2 Å². The second-order valence-electron chi connectivity index (χ2n) is 8.05. The van der Waals surface area contributed by atoms with Crippen molar-refractivity contribution in [2.24, 2.45) is 5.92 Å². The summed E-state index contributed by atoms with van der Waals surface area (Å²) in [6.07, 6.45) is 0. The molecule has 9 nitrogen and oxygen atoms in total. The van der Waals surface area contributed by atoms with Crippen LogP contribution in [0.15, 0.2) is 58.4 Å². The Morgan fingerprint density at radius 1 is 1.03 bits per heavy atom. The van der Waals surface area contributed by atoms with Gasteiger partial charge < -0.3 is 14.8 Å². The topological polar surface area (TPSA) is 116 Å². The van der Waals surface area contributed by atoms with E-state index in [1.54, 1.807) is 42.5 Å². The number of thiazole rings is 1. The molecule has 1 aromatic heterocycles. The molecule has 2 aliphatic heterocycles. The maximum atomic E-state index is 13.0. The maximum Gasteiger partial charge on any atom is 0.308 e. The van der Waals surface area contributed by atoms with Gasteiger partial charge in [0.05, 0.1) is 25.2 Å². The zero-order valence-electron chi connectivity index (χ0n) is 18.8. The number of aromatic nitrogens is 1. The van der Waals surface area contributed by atoms with Gasteiger partial charge in [-0.05, 0) is 29.8 Å². The van der Waals surface area contributed by atoms with E-state index < -0.39 is 23.0 Å². The Bertz CT molecular complexity index is 1380. The van der Waals surface area contributed by atoms with Gasteiger partial charge in [0.15, 0.2) is 11.5 Å². The number of ether oxygens (including phenoxy) is 2. The molecule has 2 aromatic carbocycles. The minimum absolute atomic E-state index is 0.210. The number of nitrogens with zero attached hydrogens (tertiary/aromatic N) is 1. The largest absolute Gasteiger partial charge is 0.493 e. The third-order valence-electron chi connectivity index (χ3n) is 6.01. The van der Waals surface area contributed by atoms with Crippen LogP contribution in [0.2, 0.25) is 0 Å². The minimum atomic E-state index is -0.717. The zero-order chi connectivity index (χ0) is 24.7. The van der Waals surface area contributed by atoms with Crippen molar-refractivity contribution in [3.63, 3.8) is 0 Å². The molecule has 5 rings (SSSR count). The van der Waals surface area contributed by atoms with Gasteiger partial charge in [-0.15, -0.1) is 0 Å². The molecule has 11 heteroatoms. The molecule has 180 valence electrons. The van der Waals surface area contributed by atoms with Crippen molar-refractivity contribution in [1.82, 2.24) is 9.88 Å². The predicted octanol–water partition coefficient (Wildman–Crippen LogP) is 2.44. The Hall–Kier alpha value is -3.57.